The lowest BCUT2D eigenvalue weighted by molar-refractivity contribution is -0.132. The lowest BCUT2D eigenvalue weighted by Gasteiger charge is -2.31. The van der Waals surface area contributed by atoms with E-state index in [0.717, 1.165) is 5.56 Å². The van der Waals surface area contributed by atoms with E-state index in [4.69, 9.17) is 9.47 Å². The van der Waals surface area contributed by atoms with E-state index in [2.05, 4.69) is 0 Å². The first-order valence-electron chi connectivity index (χ1n) is 8.62. The van der Waals surface area contributed by atoms with E-state index in [0.29, 0.717) is 6.61 Å². The molecule has 1 aromatic carbocycles. The van der Waals surface area contributed by atoms with Gasteiger partial charge in [-0.1, -0.05) is 44.2 Å². The lowest BCUT2D eigenvalue weighted by atomic mass is 9.88. The van der Waals surface area contributed by atoms with Crippen LogP contribution in [0.2, 0.25) is 0 Å². The summed E-state index contributed by atoms with van der Waals surface area (Å²) in [7, 11) is 0. The quantitative estimate of drug-likeness (QED) is 0.727. The second kappa shape index (κ2) is 7.72. The average molecular weight is 345 g/mol. The molecule has 0 N–H and O–H groups in total. The second-order valence-corrected chi connectivity index (χ2v) is 7.28. The predicted molar refractivity (Wildman–Crippen MR) is 95.6 cm³/mol. The average Bonchev–Trinajstić information content (AvgIpc) is 2.80. The molecule has 2 atom stereocenters. The van der Waals surface area contributed by atoms with Gasteiger partial charge in [0.2, 0.25) is 5.91 Å². The molecule has 1 aromatic rings. The molecule has 1 saturated heterocycles. The first-order chi connectivity index (χ1) is 11.7. The van der Waals surface area contributed by atoms with Crippen molar-refractivity contribution in [1.82, 2.24) is 4.90 Å². The molecule has 5 heteroatoms. The number of rotatable bonds is 6. The van der Waals surface area contributed by atoms with Crippen LogP contribution in [0.5, 0.6) is 0 Å². The zero-order chi connectivity index (χ0) is 18.6. The van der Waals surface area contributed by atoms with Gasteiger partial charge >= 0.3 is 6.09 Å². The van der Waals surface area contributed by atoms with Gasteiger partial charge < -0.3 is 9.47 Å². The highest BCUT2D eigenvalue weighted by Gasteiger charge is 2.52. The van der Waals surface area contributed by atoms with E-state index in [9.17, 15) is 9.59 Å². The summed E-state index contributed by atoms with van der Waals surface area (Å²) in [5.41, 5.74) is 0.365. The molecule has 1 fully saturated rings. The highest BCUT2D eigenvalue weighted by molar-refractivity contribution is 5.96. The van der Waals surface area contributed by atoms with Gasteiger partial charge in [0.25, 0.3) is 0 Å². The van der Waals surface area contributed by atoms with Crippen LogP contribution in [0.25, 0.3) is 0 Å². The number of nitrogens with zero attached hydrogens (tertiary/aromatic N) is 1. The molecule has 0 aliphatic carbocycles. The fraction of sp³-hybridized carbons (Fsp3) is 0.500. The topological polar surface area (TPSA) is 55.8 Å². The maximum Gasteiger partial charge on any atom is 0.417 e. The zero-order valence-corrected chi connectivity index (χ0v) is 15.6. The number of benzene rings is 1. The Morgan fingerprint density at radius 2 is 1.92 bits per heavy atom. The van der Waals surface area contributed by atoms with Crippen LogP contribution in [-0.2, 0) is 20.9 Å². The Bertz CT molecular complexity index is 636. The van der Waals surface area contributed by atoms with Crippen molar-refractivity contribution in [3.05, 3.63) is 48.2 Å². The third kappa shape index (κ3) is 4.41. The minimum atomic E-state index is -0.686. The summed E-state index contributed by atoms with van der Waals surface area (Å²) < 4.78 is 10.9. The third-order valence-electron chi connectivity index (χ3n) is 4.35. The number of cyclic esters (lactones) is 1. The minimum Gasteiger partial charge on any atom is -0.497 e. The van der Waals surface area contributed by atoms with Crippen molar-refractivity contribution in [2.45, 2.75) is 52.9 Å². The van der Waals surface area contributed by atoms with E-state index in [-0.39, 0.29) is 17.9 Å². The standard InChI is InChI=1S/C20H27NO4/c1-14(2)17-20(4,5)25-19(23)21(17)18(22)15(3)11-12-24-13-16-9-7-6-8-10-16/h6-12,14-15,17H,13H2,1-5H3/b12-11-/t15-,17+/m1/s1. The molecular weight excluding hydrogens is 318 g/mol. The van der Waals surface area contributed by atoms with Gasteiger partial charge in [-0.25, -0.2) is 9.69 Å². The Morgan fingerprint density at radius 3 is 2.52 bits per heavy atom. The highest BCUT2D eigenvalue weighted by Crippen LogP contribution is 2.35. The van der Waals surface area contributed by atoms with Crippen LogP contribution in [0, 0.1) is 11.8 Å². The van der Waals surface area contributed by atoms with Crippen LogP contribution < -0.4 is 0 Å². The normalized spacial score (nSPS) is 20.8. The van der Waals surface area contributed by atoms with Gasteiger partial charge in [0.15, 0.2) is 0 Å². The van der Waals surface area contributed by atoms with Crippen molar-refractivity contribution in [2.75, 3.05) is 0 Å². The number of imide groups is 1. The third-order valence-corrected chi connectivity index (χ3v) is 4.35. The largest absolute Gasteiger partial charge is 0.497 e. The van der Waals surface area contributed by atoms with Gasteiger partial charge in [-0.3, -0.25) is 4.79 Å². The summed E-state index contributed by atoms with van der Waals surface area (Å²) in [5, 5.41) is 0. The zero-order valence-electron chi connectivity index (χ0n) is 15.6. The van der Waals surface area contributed by atoms with E-state index in [1.54, 1.807) is 13.0 Å². The number of ether oxygens (including phenoxy) is 2. The lowest BCUT2D eigenvalue weighted by Crippen LogP contribution is -2.49. The van der Waals surface area contributed by atoms with Gasteiger partial charge in [-0.15, -0.1) is 0 Å². The van der Waals surface area contributed by atoms with Crippen molar-refractivity contribution in [1.29, 1.82) is 0 Å². The number of carbonyl (C=O) groups is 2. The maximum absolute atomic E-state index is 12.7. The first-order valence-corrected chi connectivity index (χ1v) is 8.62. The number of amides is 2. The molecule has 0 saturated carbocycles. The van der Waals surface area contributed by atoms with Gasteiger partial charge in [-0.2, -0.15) is 0 Å². The van der Waals surface area contributed by atoms with Crippen molar-refractivity contribution >= 4 is 12.0 Å². The fourth-order valence-corrected chi connectivity index (χ4v) is 3.28. The van der Waals surface area contributed by atoms with E-state index in [1.807, 2.05) is 58.0 Å². The Balaban J connectivity index is 1.98. The summed E-state index contributed by atoms with van der Waals surface area (Å²) >= 11 is 0. The highest BCUT2D eigenvalue weighted by atomic mass is 16.6. The Hall–Kier alpha value is -2.30. The molecule has 25 heavy (non-hydrogen) atoms. The molecule has 0 bridgehead atoms. The monoisotopic (exact) mass is 345 g/mol. The van der Waals surface area contributed by atoms with E-state index in [1.165, 1.54) is 11.2 Å². The molecule has 0 spiro atoms. The van der Waals surface area contributed by atoms with Crippen LogP contribution in [0.1, 0.15) is 40.2 Å². The molecule has 5 nitrogen and oxygen atoms in total. The van der Waals surface area contributed by atoms with Crippen LogP contribution in [0.3, 0.4) is 0 Å². The van der Waals surface area contributed by atoms with Crippen molar-refractivity contribution < 1.29 is 19.1 Å². The van der Waals surface area contributed by atoms with Crippen LogP contribution >= 0.6 is 0 Å². The molecule has 2 amide bonds. The molecule has 1 aliphatic heterocycles. The van der Waals surface area contributed by atoms with Crippen LogP contribution in [0.15, 0.2) is 42.7 Å². The molecule has 2 rings (SSSR count). The van der Waals surface area contributed by atoms with E-state index < -0.39 is 17.6 Å². The Kier molecular flexibility index (Phi) is 5.88. The molecule has 0 radical (unpaired) electrons. The van der Waals surface area contributed by atoms with Crippen molar-refractivity contribution in [2.24, 2.45) is 11.8 Å². The molecule has 0 aromatic heterocycles. The molecule has 136 valence electrons. The molecule has 1 heterocycles. The molecule has 0 unspecified atom stereocenters. The smallest absolute Gasteiger partial charge is 0.417 e. The van der Waals surface area contributed by atoms with Gasteiger partial charge in [0.05, 0.1) is 18.2 Å². The summed E-state index contributed by atoms with van der Waals surface area (Å²) in [6.45, 7) is 9.83. The molecular formula is C20H27NO4. The summed E-state index contributed by atoms with van der Waals surface area (Å²) in [6, 6.07) is 9.49. The first kappa shape index (κ1) is 19.0. The van der Waals surface area contributed by atoms with Crippen molar-refractivity contribution in [3.63, 3.8) is 0 Å². The van der Waals surface area contributed by atoms with E-state index >= 15 is 0 Å². The SMILES string of the molecule is CC(C)[C@@H]1N(C(=O)[C@H](C)/C=C\OCc2ccccc2)C(=O)OC1(C)C. The van der Waals surface area contributed by atoms with Crippen molar-refractivity contribution in [3.8, 4) is 0 Å². The minimum absolute atomic E-state index is 0.107. The Labute approximate surface area is 149 Å². The van der Waals surface area contributed by atoms with Gasteiger partial charge in [0, 0.05) is 0 Å². The number of hydrogen-bond acceptors (Lipinski definition) is 4. The van der Waals surface area contributed by atoms with Gasteiger partial charge in [0.1, 0.15) is 12.2 Å². The predicted octanol–water partition coefficient (Wildman–Crippen LogP) is 4.14. The fourth-order valence-electron chi connectivity index (χ4n) is 3.28. The summed E-state index contributed by atoms with van der Waals surface area (Å²) in [4.78, 5) is 26.2. The summed E-state index contributed by atoms with van der Waals surface area (Å²) in [6.07, 6.45) is 2.62. The summed E-state index contributed by atoms with van der Waals surface area (Å²) in [5.74, 6) is -0.636. The Morgan fingerprint density at radius 1 is 1.28 bits per heavy atom. The van der Waals surface area contributed by atoms with Crippen LogP contribution in [-0.4, -0.2) is 28.5 Å². The second-order valence-electron chi connectivity index (χ2n) is 7.28. The van der Waals surface area contributed by atoms with Gasteiger partial charge in [-0.05, 0) is 38.3 Å². The van der Waals surface area contributed by atoms with Crippen LogP contribution in [0.4, 0.5) is 4.79 Å². The number of carbonyl (C=O) groups excluding carboxylic acids is 2. The maximum atomic E-state index is 12.7. The molecule has 1 aliphatic rings. The number of hydrogen-bond donors (Lipinski definition) is 0.